The molecule has 59 heavy (non-hydrogen) atoms. The summed E-state index contributed by atoms with van der Waals surface area (Å²) < 4.78 is 10.4. The first-order chi connectivity index (χ1) is 28.6. The summed E-state index contributed by atoms with van der Waals surface area (Å²) in [7, 11) is 3.98. The molecule has 3 aliphatic rings. The lowest BCUT2D eigenvalue weighted by atomic mass is 9.86. The van der Waals surface area contributed by atoms with Crippen LogP contribution in [0.5, 0.6) is 5.75 Å². The molecule has 0 radical (unpaired) electrons. The number of nitrogens with zero attached hydrogens (tertiary/aromatic N) is 6. The van der Waals surface area contributed by atoms with Crippen LogP contribution >= 0.6 is 11.6 Å². The van der Waals surface area contributed by atoms with E-state index in [1.165, 1.54) is 0 Å². The van der Waals surface area contributed by atoms with Crippen molar-refractivity contribution in [3.05, 3.63) is 125 Å². The van der Waals surface area contributed by atoms with Crippen LogP contribution < -0.4 is 10.1 Å². The largest absolute Gasteiger partial charge is 0.490 e. The van der Waals surface area contributed by atoms with Crippen molar-refractivity contribution in [1.29, 1.82) is 5.26 Å². The van der Waals surface area contributed by atoms with Gasteiger partial charge in [0.2, 0.25) is 11.8 Å². The van der Waals surface area contributed by atoms with Crippen LogP contribution in [0, 0.1) is 11.3 Å². The number of piperidine rings is 1. The number of rotatable bonds is 8. The number of ether oxygens (including phenoxy) is 1. The van der Waals surface area contributed by atoms with E-state index >= 15 is 0 Å². The second-order valence-electron chi connectivity index (χ2n) is 15.3. The van der Waals surface area contributed by atoms with E-state index in [-0.39, 0.29) is 30.1 Å². The summed E-state index contributed by atoms with van der Waals surface area (Å²) in [6.07, 6.45) is 7.76. The highest BCUT2D eigenvalue weighted by Crippen LogP contribution is 2.37. The number of fused-ring (bicyclic) bond motifs is 1. The molecule has 1 aliphatic carbocycles. The third-order valence-electron chi connectivity index (χ3n) is 11.8. The number of carbonyl (C=O) groups excluding carboxylic acids is 4. The highest BCUT2D eigenvalue weighted by atomic mass is 35.5. The monoisotopic (exact) mass is 803 g/mol. The summed E-state index contributed by atoms with van der Waals surface area (Å²) in [5, 5.41) is 11.8. The van der Waals surface area contributed by atoms with E-state index in [1.54, 1.807) is 42.6 Å². The molecule has 0 spiro atoms. The van der Waals surface area contributed by atoms with Crippen LogP contribution in [-0.4, -0.2) is 59.8 Å². The number of carbonyl (C=O) groups is 4. The van der Waals surface area contributed by atoms with E-state index in [0.717, 1.165) is 70.0 Å². The maximum absolute atomic E-state index is 13.4. The van der Waals surface area contributed by atoms with Gasteiger partial charge in [0, 0.05) is 38.1 Å². The number of aromatic nitrogens is 4. The highest BCUT2D eigenvalue weighted by molar-refractivity contribution is 6.31. The van der Waals surface area contributed by atoms with E-state index in [9.17, 15) is 19.2 Å². The summed E-state index contributed by atoms with van der Waals surface area (Å²) in [6, 6.07) is 28.0. The molecule has 4 heterocycles. The Bertz CT molecular complexity index is 2720. The van der Waals surface area contributed by atoms with Crippen LogP contribution in [0.25, 0.3) is 45.0 Å². The van der Waals surface area contributed by atoms with E-state index in [4.69, 9.17) is 26.6 Å². The van der Waals surface area contributed by atoms with E-state index in [0.29, 0.717) is 33.6 Å². The zero-order chi connectivity index (χ0) is 40.9. The minimum absolute atomic E-state index is 0.0622. The Kier molecular flexibility index (Phi) is 9.69. The molecule has 1 saturated heterocycles. The molecule has 1 atom stereocenters. The van der Waals surface area contributed by atoms with Gasteiger partial charge in [0.25, 0.3) is 11.8 Å². The van der Waals surface area contributed by atoms with Crippen LogP contribution in [0.3, 0.4) is 0 Å². The Morgan fingerprint density at radius 1 is 0.712 bits per heavy atom. The van der Waals surface area contributed by atoms with Gasteiger partial charge in [0.05, 0.1) is 51.6 Å². The Balaban J connectivity index is 0.850. The van der Waals surface area contributed by atoms with Gasteiger partial charge in [0.15, 0.2) is 0 Å². The van der Waals surface area contributed by atoms with Gasteiger partial charge in [-0.2, -0.15) is 5.26 Å². The Labute approximate surface area is 345 Å². The summed E-state index contributed by atoms with van der Waals surface area (Å²) in [5.41, 5.74) is 7.66. The predicted octanol–water partition coefficient (Wildman–Crippen LogP) is 7.85. The second kappa shape index (κ2) is 15.2. The van der Waals surface area contributed by atoms with Gasteiger partial charge in [-0.1, -0.05) is 66.2 Å². The first-order valence-electron chi connectivity index (χ1n) is 19.5. The number of hydrogen-bond donors (Lipinski definition) is 1. The topological polar surface area (TPSA) is 152 Å². The van der Waals surface area contributed by atoms with Crippen LogP contribution in [-0.2, 0) is 23.7 Å². The molecule has 2 aliphatic heterocycles. The van der Waals surface area contributed by atoms with Crippen molar-refractivity contribution in [2.75, 3.05) is 0 Å². The first kappa shape index (κ1) is 37.7. The van der Waals surface area contributed by atoms with Crippen LogP contribution in [0.1, 0.15) is 76.5 Å². The van der Waals surface area contributed by atoms with Gasteiger partial charge in [-0.25, -0.2) is 9.97 Å². The smallest absolute Gasteiger partial charge is 0.262 e. The van der Waals surface area contributed by atoms with Gasteiger partial charge in [-0.05, 0) is 78.6 Å². The van der Waals surface area contributed by atoms with Crippen molar-refractivity contribution in [3.63, 3.8) is 0 Å². The van der Waals surface area contributed by atoms with E-state index in [2.05, 4.69) is 76.5 Å². The standard InChI is InChI=1S/C46H38ClN7O5/c1-52-39(24-49-42(52)30-11-15-33(16-12-30)59-34-17-13-32(23-48)37(47)22-34)28-7-3-26(4-8-28)27-5-9-29(10-6-27)40-25-50-43(53(40)2)31-14-18-35-36(21-31)46(58)54(45(35)57)38-19-20-41(55)51-44(38)56/h3-10,13-14,17-18,21-22,24-25,30,33,38H,11-12,15-16,19-20H2,1-2H3,(H,51,55,56). The van der Waals surface area contributed by atoms with Crippen molar-refractivity contribution < 1.29 is 23.9 Å². The molecule has 4 aromatic carbocycles. The summed E-state index contributed by atoms with van der Waals surface area (Å²) in [5.74, 6) is 0.572. The number of amides is 4. The van der Waals surface area contributed by atoms with Crippen molar-refractivity contribution in [2.24, 2.45) is 14.1 Å². The lowest BCUT2D eigenvalue weighted by molar-refractivity contribution is -0.136. The second-order valence-corrected chi connectivity index (χ2v) is 15.7. The summed E-state index contributed by atoms with van der Waals surface area (Å²) in [6.45, 7) is 0. The third-order valence-corrected chi connectivity index (χ3v) is 12.1. The molecule has 13 heteroatoms. The number of imide groups is 2. The van der Waals surface area contributed by atoms with Gasteiger partial charge < -0.3 is 13.9 Å². The molecule has 1 saturated carbocycles. The molecule has 4 amide bonds. The Morgan fingerprint density at radius 2 is 1.32 bits per heavy atom. The molecule has 12 nitrogen and oxygen atoms in total. The number of hydrogen-bond acceptors (Lipinski definition) is 8. The maximum Gasteiger partial charge on any atom is 0.262 e. The zero-order valence-corrected chi connectivity index (χ0v) is 33.1. The summed E-state index contributed by atoms with van der Waals surface area (Å²) >= 11 is 6.21. The minimum atomic E-state index is -1.02. The molecule has 1 unspecified atom stereocenters. The molecule has 9 rings (SSSR count). The molecular formula is C46H38ClN7O5. The van der Waals surface area contributed by atoms with Gasteiger partial charge in [-0.15, -0.1) is 0 Å². The number of nitrogens with one attached hydrogen (secondary N) is 1. The number of nitriles is 1. The van der Waals surface area contributed by atoms with Crippen molar-refractivity contribution >= 4 is 35.2 Å². The van der Waals surface area contributed by atoms with Gasteiger partial charge in [-0.3, -0.25) is 29.4 Å². The normalized spacial score (nSPS) is 19.1. The fraction of sp³-hybridized carbons (Fsp3) is 0.239. The van der Waals surface area contributed by atoms with Gasteiger partial charge in [0.1, 0.15) is 29.5 Å². The highest BCUT2D eigenvalue weighted by Gasteiger charge is 2.44. The van der Waals surface area contributed by atoms with Crippen molar-refractivity contribution in [3.8, 4) is 56.8 Å². The molecule has 2 fully saturated rings. The van der Waals surface area contributed by atoms with Crippen molar-refractivity contribution in [1.82, 2.24) is 29.3 Å². The SMILES string of the molecule is Cn1c(-c2ccc(-c3ccc(-c4cnc(C5CCC(Oc6ccc(C#N)c(Cl)c6)CC5)n4C)cc3)cc2)cnc1-c1ccc2c(c1)C(=O)N(C1CCC(=O)NC1=O)C2=O. The molecule has 0 bridgehead atoms. The number of imidazole rings is 2. The quantitative estimate of drug-likeness (QED) is 0.153. The maximum atomic E-state index is 13.4. The first-order valence-corrected chi connectivity index (χ1v) is 19.9. The Hall–Kier alpha value is -6.84. The van der Waals surface area contributed by atoms with Gasteiger partial charge >= 0.3 is 0 Å². The molecule has 2 aromatic heterocycles. The fourth-order valence-electron chi connectivity index (χ4n) is 8.59. The lowest BCUT2D eigenvalue weighted by Crippen LogP contribution is -2.54. The predicted molar refractivity (Wildman–Crippen MR) is 220 cm³/mol. The molecule has 6 aromatic rings. The molecule has 1 N–H and O–H groups in total. The number of halogens is 1. The number of benzene rings is 4. The summed E-state index contributed by atoms with van der Waals surface area (Å²) in [4.78, 5) is 61.2. The van der Waals surface area contributed by atoms with Crippen molar-refractivity contribution in [2.45, 2.75) is 56.6 Å². The average Bonchev–Trinajstić information content (AvgIpc) is 3.90. The minimum Gasteiger partial charge on any atom is -0.490 e. The zero-order valence-electron chi connectivity index (χ0n) is 32.3. The fourth-order valence-corrected chi connectivity index (χ4v) is 8.80. The van der Waals surface area contributed by atoms with Crippen LogP contribution in [0.2, 0.25) is 5.02 Å². The van der Waals surface area contributed by atoms with Crippen LogP contribution in [0.4, 0.5) is 0 Å². The molecule has 294 valence electrons. The van der Waals surface area contributed by atoms with E-state index in [1.807, 2.05) is 17.8 Å². The lowest BCUT2D eigenvalue weighted by Gasteiger charge is -2.29. The third kappa shape index (κ3) is 6.87. The van der Waals surface area contributed by atoms with Crippen LogP contribution in [0.15, 0.2) is 97.3 Å². The Morgan fingerprint density at radius 3 is 1.97 bits per heavy atom. The average molecular weight is 804 g/mol. The molecular weight excluding hydrogens is 766 g/mol. The van der Waals surface area contributed by atoms with E-state index < -0.39 is 29.7 Å².